The number of para-hydroxylation sites is 1. The van der Waals surface area contributed by atoms with Gasteiger partial charge in [-0.2, -0.15) is 0 Å². The fourth-order valence-corrected chi connectivity index (χ4v) is 3.13. The molecule has 0 saturated carbocycles. The Morgan fingerprint density at radius 1 is 1.08 bits per heavy atom. The van der Waals surface area contributed by atoms with E-state index in [1.54, 1.807) is 36.4 Å². The van der Waals surface area contributed by atoms with Crippen molar-refractivity contribution in [2.45, 2.75) is 18.9 Å². The van der Waals surface area contributed by atoms with Crippen LogP contribution in [0.4, 0.5) is 0 Å². The molecule has 1 aliphatic rings. The Kier molecular flexibility index (Phi) is 4.58. The maximum Gasteiger partial charge on any atom is 0.258 e. The van der Waals surface area contributed by atoms with E-state index < -0.39 is 0 Å². The number of nitrogens with one attached hydrogen (secondary N) is 1. The normalized spacial score (nSPS) is 15.2. The number of hydrogen-bond acceptors (Lipinski definition) is 5. The molecule has 6 nitrogen and oxygen atoms in total. The van der Waals surface area contributed by atoms with E-state index in [9.17, 15) is 9.59 Å². The highest BCUT2D eigenvalue weighted by Crippen LogP contribution is 2.22. The molecule has 1 fully saturated rings. The van der Waals surface area contributed by atoms with E-state index in [0.717, 1.165) is 12.8 Å². The molecular weight excluding hydrogens is 334 g/mol. The summed E-state index contributed by atoms with van der Waals surface area (Å²) in [6.07, 6.45) is 1.64. The van der Waals surface area contributed by atoms with Gasteiger partial charge in [0.1, 0.15) is 16.9 Å². The number of hydrogen-bond donors (Lipinski definition) is 1. The van der Waals surface area contributed by atoms with E-state index in [1.807, 2.05) is 6.07 Å². The molecule has 0 spiro atoms. The minimum absolute atomic E-state index is 0.0781. The average Bonchev–Trinajstić information content (AvgIpc) is 2.67. The molecule has 1 saturated heterocycles. The number of carbonyl (C=O) groups excluding carboxylic acids is 1. The minimum Gasteiger partial charge on any atom is -0.484 e. The summed E-state index contributed by atoms with van der Waals surface area (Å²) in [6, 6.07) is 12.2. The van der Waals surface area contributed by atoms with E-state index in [0.29, 0.717) is 40.9 Å². The first-order valence-corrected chi connectivity index (χ1v) is 8.66. The second-order valence-electron chi connectivity index (χ2n) is 6.33. The van der Waals surface area contributed by atoms with Gasteiger partial charge in [0.2, 0.25) is 5.43 Å². The van der Waals surface area contributed by atoms with Gasteiger partial charge in [0, 0.05) is 25.3 Å². The van der Waals surface area contributed by atoms with Crippen LogP contribution in [-0.4, -0.2) is 31.8 Å². The largest absolute Gasteiger partial charge is 0.484 e. The maximum absolute atomic E-state index is 12.5. The van der Waals surface area contributed by atoms with Crippen molar-refractivity contribution in [3.05, 3.63) is 52.7 Å². The lowest BCUT2D eigenvalue weighted by Gasteiger charge is -2.23. The van der Waals surface area contributed by atoms with E-state index in [4.69, 9.17) is 13.9 Å². The summed E-state index contributed by atoms with van der Waals surface area (Å²) < 4.78 is 16.6. The number of benzene rings is 2. The van der Waals surface area contributed by atoms with Gasteiger partial charge in [0.25, 0.3) is 5.91 Å². The zero-order chi connectivity index (χ0) is 17.9. The minimum atomic E-state index is -0.169. The predicted molar refractivity (Wildman–Crippen MR) is 97.5 cm³/mol. The molecule has 0 unspecified atom stereocenters. The Bertz CT molecular complexity index is 1000. The smallest absolute Gasteiger partial charge is 0.258 e. The van der Waals surface area contributed by atoms with Gasteiger partial charge in [0.15, 0.2) is 6.61 Å². The first kappa shape index (κ1) is 16.6. The van der Waals surface area contributed by atoms with Crippen LogP contribution in [0.1, 0.15) is 12.8 Å². The second-order valence-corrected chi connectivity index (χ2v) is 6.33. The standard InChI is InChI=1S/C20H19NO5/c22-19(21-13-7-9-24-10-8-13)12-25-14-5-6-16-18(11-14)26-17-4-2-1-3-15(17)20(16)23/h1-6,11,13H,7-10,12H2,(H,21,22). The first-order valence-electron chi connectivity index (χ1n) is 8.66. The summed E-state index contributed by atoms with van der Waals surface area (Å²) in [7, 11) is 0. The van der Waals surface area contributed by atoms with Crippen molar-refractivity contribution in [3.8, 4) is 5.75 Å². The van der Waals surface area contributed by atoms with Gasteiger partial charge in [-0.15, -0.1) is 0 Å². The third kappa shape index (κ3) is 3.41. The molecule has 26 heavy (non-hydrogen) atoms. The Hall–Kier alpha value is -2.86. The van der Waals surface area contributed by atoms with Crippen molar-refractivity contribution in [1.29, 1.82) is 0 Å². The lowest BCUT2D eigenvalue weighted by Crippen LogP contribution is -2.41. The molecule has 1 N–H and O–H groups in total. The molecule has 1 aromatic heterocycles. The van der Waals surface area contributed by atoms with Crippen molar-refractivity contribution >= 4 is 27.8 Å². The van der Waals surface area contributed by atoms with Crippen LogP contribution in [0, 0.1) is 0 Å². The number of amides is 1. The van der Waals surface area contributed by atoms with Crippen LogP contribution in [-0.2, 0) is 9.53 Å². The molecule has 0 bridgehead atoms. The van der Waals surface area contributed by atoms with Gasteiger partial charge in [-0.05, 0) is 37.1 Å². The van der Waals surface area contributed by atoms with Crippen LogP contribution in [0.15, 0.2) is 51.7 Å². The molecule has 0 atom stereocenters. The Morgan fingerprint density at radius 3 is 2.69 bits per heavy atom. The van der Waals surface area contributed by atoms with Crippen molar-refractivity contribution in [3.63, 3.8) is 0 Å². The molecule has 1 aliphatic heterocycles. The summed E-state index contributed by atoms with van der Waals surface area (Å²) in [4.78, 5) is 24.5. The summed E-state index contributed by atoms with van der Waals surface area (Å²) in [6.45, 7) is 1.26. The molecular formula is C20H19NO5. The molecule has 134 valence electrons. The SMILES string of the molecule is O=C(COc1ccc2c(=O)c3ccccc3oc2c1)NC1CCOCC1. The number of carbonyl (C=O) groups is 1. The van der Waals surface area contributed by atoms with Crippen LogP contribution in [0.3, 0.4) is 0 Å². The first-order chi connectivity index (χ1) is 12.7. The van der Waals surface area contributed by atoms with Gasteiger partial charge in [-0.25, -0.2) is 0 Å². The topological polar surface area (TPSA) is 77.8 Å². The molecule has 1 amide bonds. The van der Waals surface area contributed by atoms with E-state index in [-0.39, 0.29) is 24.0 Å². The molecule has 0 aliphatic carbocycles. The monoisotopic (exact) mass is 353 g/mol. The number of fused-ring (bicyclic) bond motifs is 2. The summed E-state index contributed by atoms with van der Waals surface area (Å²) in [5.74, 6) is 0.315. The lowest BCUT2D eigenvalue weighted by atomic mass is 10.1. The van der Waals surface area contributed by atoms with Crippen LogP contribution in [0.2, 0.25) is 0 Å². The average molecular weight is 353 g/mol. The highest BCUT2D eigenvalue weighted by atomic mass is 16.5. The predicted octanol–water partition coefficient (Wildman–Crippen LogP) is 2.62. The highest BCUT2D eigenvalue weighted by molar-refractivity contribution is 5.90. The van der Waals surface area contributed by atoms with Gasteiger partial charge in [0.05, 0.1) is 10.8 Å². The molecule has 2 heterocycles. The summed E-state index contributed by atoms with van der Waals surface area (Å²) in [5, 5.41) is 3.98. The van der Waals surface area contributed by atoms with Crippen LogP contribution in [0.5, 0.6) is 5.75 Å². The number of rotatable bonds is 4. The van der Waals surface area contributed by atoms with Crippen molar-refractivity contribution in [2.24, 2.45) is 0 Å². The Labute approximate surface area is 149 Å². The molecule has 3 aromatic rings. The molecule has 0 radical (unpaired) electrons. The third-order valence-corrected chi connectivity index (χ3v) is 4.51. The Balaban J connectivity index is 1.49. The third-order valence-electron chi connectivity index (χ3n) is 4.51. The van der Waals surface area contributed by atoms with Gasteiger partial charge >= 0.3 is 0 Å². The molecule has 6 heteroatoms. The molecule has 2 aromatic carbocycles. The van der Waals surface area contributed by atoms with E-state index >= 15 is 0 Å². The lowest BCUT2D eigenvalue weighted by molar-refractivity contribution is -0.124. The zero-order valence-electron chi connectivity index (χ0n) is 14.2. The fourth-order valence-electron chi connectivity index (χ4n) is 3.13. The van der Waals surface area contributed by atoms with E-state index in [2.05, 4.69) is 5.32 Å². The van der Waals surface area contributed by atoms with Gasteiger partial charge < -0.3 is 19.2 Å². The van der Waals surface area contributed by atoms with Crippen LogP contribution in [0.25, 0.3) is 21.9 Å². The van der Waals surface area contributed by atoms with Crippen molar-refractivity contribution in [2.75, 3.05) is 19.8 Å². The summed E-state index contributed by atoms with van der Waals surface area (Å²) in [5.41, 5.74) is 0.890. The van der Waals surface area contributed by atoms with Crippen molar-refractivity contribution < 1.29 is 18.7 Å². The van der Waals surface area contributed by atoms with Crippen LogP contribution < -0.4 is 15.5 Å². The highest BCUT2D eigenvalue weighted by Gasteiger charge is 2.16. The van der Waals surface area contributed by atoms with Crippen LogP contribution >= 0.6 is 0 Å². The quantitative estimate of drug-likeness (QED) is 0.730. The fraction of sp³-hybridized carbons (Fsp3) is 0.300. The molecule has 4 rings (SSSR count). The van der Waals surface area contributed by atoms with E-state index in [1.165, 1.54) is 0 Å². The Morgan fingerprint density at radius 2 is 1.85 bits per heavy atom. The maximum atomic E-state index is 12.5. The number of ether oxygens (including phenoxy) is 2. The van der Waals surface area contributed by atoms with Gasteiger partial charge in [-0.3, -0.25) is 9.59 Å². The van der Waals surface area contributed by atoms with Gasteiger partial charge in [-0.1, -0.05) is 12.1 Å². The zero-order valence-corrected chi connectivity index (χ0v) is 14.2. The second kappa shape index (κ2) is 7.17. The summed E-state index contributed by atoms with van der Waals surface area (Å²) >= 11 is 0. The van der Waals surface area contributed by atoms with Crippen molar-refractivity contribution in [1.82, 2.24) is 5.32 Å².